The predicted octanol–water partition coefficient (Wildman–Crippen LogP) is 1.52. The van der Waals surface area contributed by atoms with Crippen molar-refractivity contribution in [3.05, 3.63) is 48.5 Å². The molecule has 0 saturated heterocycles. The Kier molecular flexibility index (Phi) is 6.98. The molecule has 0 aliphatic carbocycles. The van der Waals surface area contributed by atoms with Gasteiger partial charge in [0.15, 0.2) is 0 Å². The van der Waals surface area contributed by atoms with Gasteiger partial charge in [-0.25, -0.2) is 0 Å². The number of hydrogen-bond donors (Lipinski definition) is 2. The van der Waals surface area contributed by atoms with Gasteiger partial charge in [0, 0.05) is 0 Å². The first-order chi connectivity index (χ1) is 11.1. The Balaban J connectivity index is 1.99. The van der Waals surface area contributed by atoms with Gasteiger partial charge in [0.25, 0.3) is 0 Å². The Morgan fingerprint density at radius 1 is 0.739 bits per heavy atom. The molecule has 0 aliphatic heterocycles. The second-order valence-electron chi connectivity index (χ2n) is 4.89. The van der Waals surface area contributed by atoms with Gasteiger partial charge in [-0.15, -0.1) is 0 Å². The minimum absolute atomic E-state index is 0.650. The molecule has 2 aromatic rings. The molecular weight excluding hydrogens is 413 g/mol. The van der Waals surface area contributed by atoms with Gasteiger partial charge in [-0.05, 0) is 0 Å². The maximum absolute atomic E-state index is 12.3. The molecule has 0 heterocycles. The van der Waals surface area contributed by atoms with Crippen LogP contribution in [0.2, 0.25) is 0 Å². The van der Waals surface area contributed by atoms with E-state index in [1.54, 1.807) is 24.3 Å². The molecule has 0 fully saturated rings. The van der Waals surface area contributed by atoms with Crippen molar-refractivity contribution in [3.63, 3.8) is 0 Å². The first-order valence-corrected chi connectivity index (χ1v) is 13.1. The number of anilines is 2. The molecule has 0 aliphatic rings. The summed E-state index contributed by atoms with van der Waals surface area (Å²) in [6.45, 7) is 5.69. The van der Waals surface area contributed by atoms with Crippen LogP contribution < -0.4 is 19.4 Å². The molecule has 2 aromatic carbocycles. The summed E-state index contributed by atoms with van der Waals surface area (Å²) < 4.78 is 31.3. The van der Waals surface area contributed by atoms with Crippen LogP contribution in [0, 0.1) is 0 Å². The Bertz CT molecular complexity index is 613. The molecule has 120 valence electrons. The van der Waals surface area contributed by atoms with Gasteiger partial charge >= 0.3 is 146 Å². The van der Waals surface area contributed by atoms with E-state index in [0.29, 0.717) is 8.79 Å². The summed E-state index contributed by atoms with van der Waals surface area (Å²) in [5.41, 5.74) is 1.94. The van der Waals surface area contributed by atoms with E-state index in [0.717, 1.165) is 24.5 Å². The SMILES string of the molecule is CCNc1cc[c]([Ge](=[O])[O][Ge](=[O])[c]2ccc(NCC)cc2)cc1. The predicted molar refractivity (Wildman–Crippen MR) is 94.4 cm³/mol. The van der Waals surface area contributed by atoms with Crippen LogP contribution >= 0.6 is 0 Å². The Morgan fingerprint density at radius 3 is 1.39 bits per heavy atom. The van der Waals surface area contributed by atoms with Crippen LogP contribution in [0.25, 0.3) is 0 Å². The van der Waals surface area contributed by atoms with Crippen LogP contribution in [0.5, 0.6) is 0 Å². The molecule has 0 saturated carbocycles. The van der Waals surface area contributed by atoms with Gasteiger partial charge in [-0.1, -0.05) is 0 Å². The monoisotopic (exact) mass is 436 g/mol. The molecule has 0 atom stereocenters. The van der Waals surface area contributed by atoms with Gasteiger partial charge in [-0.2, -0.15) is 0 Å². The maximum atomic E-state index is 12.3. The average molecular weight is 434 g/mol. The summed E-state index contributed by atoms with van der Waals surface area (Å²) in [5.74, 6) is 0. The van der Waals surface area contributed by atoms with E-state index in [2.05, 4.69) is 10.6 Å². The Morgan fingerprint density at radius 2 is 1.09 bits per heavy atom. The van der Waals surface area contributed by atoms with Gasteiger partial charge in [-0.3, -0.25) is 0 Å². The van der Waals surface area contributed by atoms with Gasteiger partial charge in [0.1, 0.15) is 0 Å². The first-order valence-electron chi connectivity index (χ1n) is 7.58. The van der Waals surface area contributed by atoms with Crippen LogP contribution in [0.3, 0.4) is 0 Å². The summed E-state index contributed by atoms with van der Waals surface area (Å²) in [4.78, 5) is 0. The molecule has 0 spiro atoms. The van der Waals surface area contributed by atoms with Gasteiger partial charge < -0.3 is 0 Å². The number of nitrogens with one attached hydrogen (secondary N) is 2. The third kappa shape index (κ3) is 5.28. The molecule has 0 bridgehead atoms. The number of hydrogen-bond acceptors (Lipinski definition) is 5. The van der Waals surface area contributed by atoms with Crippen LogP contribution in [-0.4, -0.2) is 42.3 Å². The summed E-state index contributed by atoms with van der Waals surface area (Å²) in [7, 11) is 0. The molecular formula is C16H20Ge2N2O3. The van der Waals surface area contributed by atoms with E-state index >= 15 is 0 Å². The molecule has 5 nitrogen and oxygen atoms in total. The van der Waals surface area contributed by atoms with Crippen molar-refractivity contribution in [2.75, 3.05) is 23.7 Å². The summed E-state index contributed by atoms with van der Waals surface area (Å²) >= 11 is -6.36. The zero-order valence-corrected chi connectivity index (χ0v) is 17.5. The first kappa shape index (κ1) is 17.9. The molecule has 2 N–H and O–H groups in total. The second kappa shape index (κ2) is 8.98. The zero-order valence-electron chi connectivity index (χ0n) is 13.3. The third-order valence-corrected chi connectivity index (χ3v) is 11.4. The average Bonchev–Trinajstić information content (AvgIpc) is 2.56. The molecule has 0 radical (unpaired) electrons. The number of benzene rings is 2. The van der Waals surface area contributed by atoms with Crippen LogP contribution in [0.1, 0.15) is 13.8 Å². The topological polar surface area (TPSA) is 67.4 Å². The summed E-state index contributed by atoms with van der Waals surface area (Å²) in [5, 5.41) is 6.35. The van der Waals surface area contributed by atoms with Crippen molar-refractivity contribution in [1.82, 2.24) is 0 Å². The van der Waals surface area contributed by atoms with E-state index in [-0.39, 0.29) is 0 Å². The van der Waals surface area contributed by atoms with Gasteiger partial charge in [0.2, 0.25) is 0 Å². The molecule has 0 amide bonds. The third-order valence-electron chi connectivity index (χ3n) is 3.19. The van der Waals surface area contributed by atoms with E-state index in [4.69, 9.17) is 2.79 Å². The fraction of sp³-hybridized carbons (Fsp3) is 0.250. The molecule has 0 unspecified atom stereocenters. The summed E-state index contributed by atoms with van der Waals surface area (Å²) in [6, 6.07) is 14.6. The van der Waals surface area contributed by atoms with Crippen molar-refractivity contribution in [1.29, 1.82) is 0 Å². The zero-order chi connectivity index (χ0) is 16.7. The van der Waals surface area contributed by atoms with Gasteiger partial charge in [0.05, 0.1) is 0 Å². The van der Waals surface area contributed by atoms with E-state index in [1.165, 1.54) is 0 Å². The van der Waals surface area contributed by atoms with E-state index in [1.807, 2.05) is 38.1 Å². The molecule has 2 rings (SSSR count). The van der Waals surface area contributed by atoms with Crippen molar-refractivity contribution in [2.45, 2.75) is 13.8 Å². The Hall–Kier alpha value is -1.47. The van der Waals surface area contributed by atoms with Crippen molar-refractivity contribution in [3.8, 4) is 0 Å². The summed E-state index contributed by atoms with van der Waals surface area (Å²) in [6.07, 6.45) is 0. The van der Waals surface area contributed by atoms with Crippen molar-refractivity contribution in [2.24, 2.45) is 0 Å². The van der Waals surface area contributed by atoms with Crippen LogP contribution in [0.4, 0.5) is 11.4 Å². The minimum atomic E-state index is -3.18. The van der Waals surface area contributed by atoms with E-state index < -0.39 is 29.2 Å². The van der Waals surface area contributed by atoms with Crippen LogP contribution in [-0.2, 0) is 10.3 Å². The fourth-order valence-corrected chi connectivity index (χ4v) is 9.15. The number of rotatable bonds is 8. The van der Waals surface area contributed by atoms with Crippen molar-refractivity contribution < 1.29 is 10.3 Å². The fourth-order valence-electron chi connectivity index (χ4n) is 2.06. The second-order valence-corrected chi connectivity index (χ2v) is 12.4. The molecule has 23 heavy (non-hydrogen) atoms. The van der Waals surface area contributed by atoms with Crippen molar-refractivity contribution >= 4 is 49.4 Å². The molecule has 7 heteroatoms. The standard InChI is InChI=1S/C16H20Ge2N2O3/c1-3-19-15-9-5-13(6-10-15)17(21)23-18(22)14-7-11-16(12-8-14)20-4-2/h5-12,19-20H,3-4H2,1-2H3. The van der Waals surface area contributed by atoms with E-state index in [9.17, 15) is 7.56 Å². The van der Waals surface area contributed by atoms with Crippen LogP contribution in [0.15, 0.2) is 48.5 Å². The molecule has 0 aromatic heterocycles. The Labute approximate surface area is 145 Å². The quantitative estimate of drug-likeness (QED) is 0.618. The normalized spacial score (nSPS) is 10.0.